The molecule has 0 saturated carbocycles. The van der Waals surface area contributed by atoms with Crippen molar-refractivity contribution in [2.24, 2.45) is 4.99 Å². The lowest BCUT2D eigenvalue weighted by Gasteiger charge is -2.29. The lowest BCUT2D eigenvalue weighted by atomic mass is 9.81. The third-order valence-electron chi connectivity index (χ3n) is 5.90. The van der Waals surface area contributed by atoms with Crippen LogP contribution in [0.4, 0.5) is 5.69 Å². The van der Waals surface area contributed by atoms with E-state index in [2.05, 4.69) is 0 Å². The number of nitrogens with zero attached hydrogens (tertiary/aromatic N) is 1. The van der Waals surface area contributed by atoms with Gasteiger partial charge in [0.1, 0.15) is 30.8 Å². The van der Waals surface area contributed by atoms with E-state index in [1.54, 1.807) is 0 Å². The Morgan fingerprint density at radius 3 is 1.57 bits per heavy atom. The minimum Gasteiger partial charge on any atom is -0.491 e. The summed E-state index contributed by atoms with van der Waals surface area (Å²) in [5, 5.41) is 11.6. The standard InChI is InChI=1S/C28H29NO6/c30-28-25-21-8-4-10-23(25)34-18-16-32-14-12-31-13-15-33-17-19-35-24-11-5-9-22(26(24)28)27(21)29-20-6-2-1-3-7-20/h1-11,28,30H,12-19H2. The second-order valence-corrected chi connectivity index (χ2v) is 8.17. The Hall–Kier alpha value is -3.23. The largest absolute Gasteiger partial charge is 0.491 e. The number of rotatable bonds is 1. The Morgan fingerprint density at radius 1 is 0.571 bits per heavy atom. The first-order valence-corrected chi connectivity index (χ1v) is 11.9. The SMILES string of the molecule is OC1c2c3cccc2C(=Nc2ccccc2)c2cccc(c21)OCCOCCOCCOCCO3. The molecule has 1 aliphatic heterocycles. The maximum absolute atomic E-state index is 11.6. The van der Waals surface area contributed by atoms with Crippen molar-refractivity contribution in [3.05, 3.63) is 89.0 Å². The molecule has 5 rings (SSSR count). The van der Waals surface area contributed by atoms with Crippen LogP contribution in [0, 0.1) is 0 Å². The highest BCUT2D eigenvalue weighted by Gasteiger charge is 2.34. The van der Waals surface area contributed by atoms with Gasteiger partial charge in [-0.2, -0.15) is 0 Å². The van der Waals surface area contributed by atoms with Crippen molar-refractivity contribution in [2.75, 3.05) is 52.9 Å². The van der Waals surface area contributed by atoms with Crippen LogP contribution in [0.15, 0.2) is 71.7 Å². The van der Waals surface area contributed by atoms with Crippen LogP contribution in [-0.4, -0.2) is 63.7 Å². The number of ether oxygens (including phenoxy) is 5. The van der Waals surface area contributed by atoms with Crippen LogP contribution in [0.5, 0.6) is 11.5 Å². The topological polar surface area (TPSA) is 78.7 Å². The summed E-state index contributed by atoms with van der Waals surface area (Å²) in [6.07, 6.45) is -0.934. The van der Waals surface area contributed by atoms with Crippen molar-refractivity contribution in [1.82, 2.24) is 0 Å². The average molecular weight is 476 g/mol. The Bertz CT molecular complexity index is 1100. The second-order valence-electron chi connectivity index (χ2n) is 8.17. The number of aliphatic hydroxyl groups excluding tert-OH is 1. The minimum atomic E-state index is -0.934. The van der Waals surface area contributed by atoms with Crippen molar-refractivity contribution in [2.45, 2.75) is 6.10 Å². The Kier molecular flexibility index (Phi) is 7.70. The summed E-state index contributed by atoms with van der Waals surface area (Å²) in [4.78, 5) is 4.99. The number of para-hydroxylation sites is 1. The Morgan fingerprint density at radius 2 is 1.06 bits per heavy atom. The lowest BCUT2D eigenvalue weighted by Crippen LogP contribution is -2.23. The normalized spacial score (nSPS) is 19.0. The van der Waals surface area contributed by atoms with Gasteiger partial charge in [0, 0.05) is 22.3 Å². The van der Waals surface area contributed by atoms with Crippen LogP contribution in [0.25, 0.3) is 0 Å². The molecule has 3 aromatic carbocycles. The van der Waals surface area contributed by atoms with Gasteiger partial charge >= 0.3 is 0 Å². The van der Waals surface area contributed by atoms with E-state index in [1.165, 1.54) is 0 Å². The molecule has 0 saturated heterocycles. The number of aliphatic imine (C=N–C) groups is 1. The molecule has 0 amide bonds. The van der Waals surface area contributed by atoms with Gasteiger partial charge in [0.25, 0.3) is 0 Å². The first kappa shape index (κ1) is 23.5. The van der Waals surface area contributed by atoms with Crippen molar-refractivity contribution in [3.63, 3.8) is 0 Å². The van der Waals surface area contributed by atoms with Crippen molar-refractivity contribution >= 4 is 11.4 Å². The average Bonchev–Trinajstić information content (AvgIpc) is 2.89. The summed E-state index contributed by atoms with van der Waals surface area (Å²) in [5.74, 6) is 1.20. The number of hydrogen-bond acceptors (Lipinski definition) is 7. The maximum atomic E-state index is 11.6. The molecule has 3 aromatic rings. The van der Waals surface area contributed by atoms with Gasteiger partial charge in [0.15, 0.2) is 0 Å². The molecule has 1 aliphatic carbocycles. The summed E-state index contributed by atoms with van der Waals surface area (Å²) < 4.78 is 28.9. The Balaban J connectivity index is 1.59. The molecule has 0 atom stereocenters. The summed E-state index contributed by atoms with van der Waals surface area (Å²) in [6, 6.07) is 21.3. The molecular formula is C28H29NO6. The first-order valence-electron chi connectivity index (χ1n) is 11.9. The van der Waals surface area contributed by atoms with Gasteiger partial charge in [-0.3, -0.25) is 0 Å². The summed E-state index contributed by atoms with van der Waals surface area (Å²) in [7, 11) is 0. The van der Waals surface area contributed by atoms with Gasteiger partial charge in [0.2, 0.25) is 0 Å². The molecule has 0 aromatic heterocycles. The highest BCUT2D eigenvalue weighted by molar-refractivity contribution is 6.17. The zero-order valence-corrected chi connectivity index (χ0v) is 19.5. The predicted octanol–water partition coefficient (Wildman–Crippen LogP) is 4.07. The molecule has 1 heterocycles. The van der Waals surface area contributed by atoms with Crippen molar-refractivity contribution in [3.8, 4) is 11.5 Å². The quantitative estimate of drug-likeness (QED) is 0.572. The van der Waals surface area contributed by atoms with Crippen LogP contribution < -0.4 is 9.47 Å². The highest BCUT2D eigenvalue weighted by Crippen LogP contribution is 2.44. The minimum absolute atomic E-state index is 0.350. The second kappa shape index (κ2) is 11.5. The van der Waals surface area contributed by atoms with E-state index in [9.17, 15) is 5.11 Å². The molecule has 0 radical (unpaired) electrons. The van der Waals surface area contributed by atoms with E-state index in [-0.39, 0.29) is 0 Å². The van der Waals surface area contributed by atoms with E-state index < -0.39 is 6.10 Å². The van der Waals surface area contributed by atoms with Gasteiger partial charge in [0.05, 0.1) is 51.0 Å². The fourth-order valence-corrected chi connectivity index (χ4v) is 4.32. The zero-order chi connectivity index (χ0) is 23.9. The van der Waals surface area contributed by atoms with Crippen molar-refractivity contribution in [1.29, 1.82) is 0 Å². The fourth-order valence-electron chi connectivity index (χ4n) is 4.32. The first-order chi connectivity index (χ1) is 17.3. The number of hydrogen-bond donors (Lipinski definition) is 1. The predicted molar refractivity (Wildman–Crippen MR) is 132 cm³/mol. The molecule has 35 heavy (non-hydrogen) atoms. The van der Waals surface area contributed by atoms with Gasteiger partial charge in [-0.05, 0) is 24.3 Å². The summed E-state index contributed by atoms with van der Waals surface area (Å²) in [6.45, 7) is 3.47. The maximum Gasteiger partial charge on any atom is 0.126 e. The molecule has 0 fully saturated rings. The van der Waals surface area contributed by atoms with E-state index in [1.807, 2.05) is 66.7 Å². The fraction of sp³-hybridized carbons (Fsp3) is 0.321. The third kappa shape index (κ3) is 5.39. The van der Waals surface area contributed by atoms with Crippen LogP contribution in [0.2, 0.25) is 0 Å². The highest BCUT2D eigenvalue weighted by atomic mass is 16.6. The van der Waals surface area contributed by atoms with Crippen molar-refractivity contribution < 1.29 is 28.8 Å². The van der Waals surface area contributed by atoms with E-state index in [0.29, 0.717) is 75.5 Å². The summed E-state index contributed by atoms with van der Waals surface area (Å²) >= 11 is 0. The van der Waals surface area contributed by atoms with Crippen LogP contribution in [-0.2, 0) is 14.2 Å². The van der Waals surface area contributed by atoms with Crippen LogP contribution >= 0.6 is 0 Å². The molecule has 2 aliphatic rings. The number of benzene rings is 3. The number of aliphatic hydroxyl groups is 1. The molecule has 7 heteroatoms. The third-order valence-corrected chi connectivity index (χ3v) is 5.90. The molecular weight excluding hydrogens is 446 g/mol. The van der Waals surface area contributed by atoms with Gasteiger partial charge in [-0.15, -0.1) is 0 Å². The monoisotopic (exact) mass is 475 g/mol. The van der Waals surface area contributed by atoms with Gasteiger partial charge in [-0.25, -0.2) is 4.99 Å². The van der Waals surface area contributed by atoms with E-state index in [4.69, 9.17) is 28.7 Å². The zero-order valence-electron chi connectivity index (χ0n) is 19.5. The van der Waals surface area contributed by atoms with E-state index in [0.717, 1.165) is 22.5 Å². The lowest BCUT2D eigenvalue weighted by molar-refractivity contribution is 0.00448. The van der Waals surface area contributed by atoms with Crippen LogP contribution in [0.3, 0.4) is 0 Å². The van der Waals surface area contributed by atoms with Crippen LogP contribution in [0.1, 0.15) is 28.4 Å². The summed E-state index contributed by atoms with van der Waals surface area (Å²) in [5.41, 5.74) is 4.59. The molecule has 2 bridgehead atoms. The molecule has 182 valence electrons. The molecule has 7 nitrogen and oxygen atoms in total. The van der Waals surface area contributed by atoms with Gasteiger partial charge in [-0.1, -0.05) is 42.5 Å². The van der Waals surface area contributed by atoms with E-state index >= 15 is 0 Å². The molecule has 0 unspecified atom stereocenters. The Labute approximate surface area is 204 Å². The molecule has 1 N–H and O–H groups in total. The molecule has 0 spiro atoms. The van der Waals surface area contributed by atoms with Gasteiger partial charge < -0.3 is 28.8 Å². The smallest absolute Gasteiger partial charge is 0.126 e.